The van der Waals surface area contributed by atoms with Gasteiger partial charge in [0.15, 0.2) is 0 Å². The maximum atomic E-state index is 11.0. The van der Waals surface area contributed by atoms with Gasteiger partial charge in [0, 0.05) is 23.6 Å². The van der Waals surface area contributed by atoms with Crippen LogP contribution in [0.25, 0.3) is 0 Å². The van der Waals surface area contributed by atoms with Crippen LogP contribution in [0, 0.1) is 11.8 Å². The molecule has 2 unspecified atom stereocenters. The smallest absolute Gasteiger partial charge is 0.210 e. The summed E-state index contributed by atoms with van der Waals surface area (Å²) in [5.41, 5.74) is 0. The monoisotopic (exact) mass is 229 g/mol. The van der Waals surface area contributed by atoms with Crippen molar-refractivity contribution < 1.29 is 4.79 Å². The van der Waals surface area contributed by atoms with Gasteiger partial charge in [0.2, 0.25) is 6.41 Å². The molecule has 0 spiro atoms. The van der Waals surface area contributed by atoms with Crippen LogP contribution in [0.3, 0.4) is 0 Å². The highest BCUT2D eigenvalue weighted by Crippen LogP contribution is 2.32. The van der Waals surface area contributed by atoms with Crippen molar-refractivity contribution in [3.05, 3.63) is 0 Å². The molecule has 1 heterocycles. The fourth-order valence-electron chi connectivity index (χ4n) is 2.28. The van der Waals surface area contributed by atoms with Gasteiger partial charge in [0.05, 0.1) is 0 Å². The molecular weight excluding hydrogens is 206 g/mol. The standard InChI is InChI=1S/C12H23NOS/c1-9(2)7-11-12(10(3)4)15-6-5-13(11)8-14/h8-12H,5-7H2,1-4H3. The van der Waals surface area contributed by atoms with E-state index in [0.717, 1.165) is 25.1 Å². The molecule has 0 bridgehead atoms. The summed E-state index contributed by atoms with van der Waals surface area (Å²) in [6.07, 6.45) is 2.18. The molecule has 0 aliphatic carbocycles. The van der Waals surface area contributed by atoms with Gasteiger partial charge in [-0.15, -0.1) is 0 Å². The zero-order chi connectivity index (χ0) is 11.4. The summed E-state index contributed by atoms with van der Waals surface area (Å²) in [5, 5.41) is 0.617. The number of carbonyl (C=O) groups excluding carboxylic acids is 1. The van der Waals surface area contributed by atoms with Crippen LogP contribution in [0.4, 0.5) is 0 Å². The van der Waals surface area contributed by atoms with E-state index in [1.54, 1.807) is 0 Å². The zero-order valence-corrected chi connectivity index (χ0v) is 11.1. The van der Waals surface area contributed by atoms with Gasteiger partial charge in [-0.25, -0.2) is 0 Å². The zero-order valence-electron chi connectivity index (χ0n) is 10.3. The van der Waals surface area contributed by atoms with Crippen molar-refractivity contribution in [3.8, 4) is 0 Å². The van der Waals surface area contributed by atoms with Gasteiger partial charge >= 0.3 is 0 Å². The minimum absolute atomic E-state index is 0.446. The second kappa shape index (κ2) is 5.78. The van der Waals surface area contributed by atoms with Crippen LogP contribution in [-0.2, 0) is 4.79 Å². The van der Waals surface area contributed by atoms with E-state index in [4.69, 9.17) is 0 Å². The highest BCUT2D eigenvalue weighted by Gasteiger charge is 2.33. The molecule has 2 atom stereocenters. The third kappa shape index (κ3) is 3.40. The number of carbonyl (C=O) groups is 1. The van der Waals surface area contributed by atoms with E-state index in [2.05, 4.69) is 27.7 Å². The van der Waals surface area contributed by atoms with Gasteiger partial charge in [-0.1, -0.05) is 27.7 Å². The summed E-state index contributed by atoms with van der Waals surface area (Å²) in [4.78, 5) is 13.1. The first-order chi connectivity index (χ1) is 7.06. The van der Waals surface area contributed by atoms with Crippen LogP contribution in [0.5, 0.6) is 0 Å². The first-order valence-electron chi connectivity index (χ1n) is 5.89. The van der Waals surface area contributed by atoms with E-state index in [1.807, 2.05) is 16.7 Å². The molecule has 0 aromatic rings. The normalized spacial score (nSPS) is 27.5. The number of hydrogen-bond acceptors (Lipinski definition) is 2. The minimum atomic E-state index is 0.446. The third-order valence-electron chi connectivity index (χ3n) is 2.97. The molecule has 1 fully saturated rings. The third-order valence-corrected chi connectivity index (χ3v) is 4.63. The summed E-state index contributed by atoms with van der Waals surface area (Å²) in [6.45, 7) is 9.92. The van der Waals surface area contributed by atoms with Crippen LogP contribution in [0.15, 0.2) is 0 Å². The molecule has 1 aliphatic heterocycles. The maximum Gasteiger partial charge on any atom is 0.210 e. The van der Waals surface area contributed by atoms with E-state index in [9.17, 15) is 4.79 Å². The number of nitrogens with zero attached hydrogens (tertiary/aromatic N) is 1. The summed E-state index contributed by atoms with van der Waals surface area (Å²) in [6, 6.07) is 0.446. The van der Waals surface area contributed by atoms with E-state index in [-0.39, 0.29) is 0 Å². The molecule has 0 aromatic heterocycles. The Labute approximate surface area is 97.8 Å². The molecule has 1 aliphatic rings. The summed E-state index contributed by atoms with van der Waals surface area (Å²) in [7, 11) is 0. The second-order valence-corrected chi connectivity index (χ2v) is 6.41. The fraction of sp³-hybridized carbons (Fsp3) is 0.917. The van der Waals surface area contributed by atoms with Crippen molar-refractivity contribution >= 4 is 18.2 Å². The average molecular weight is 229 g/mol. The van der Waals surface area contributed by atoms with Crippen molar-refractivity contribution in [2.45, 2.75) is 45.4 Å². The predicted molar refractivity (Wildman–Crippen MR) is 67.1 cm³/mol. The Kier molecular flexibility index (Phi) is 4.97. The van der Waals surface area contributed by atoms with Crippen LogP contribution in [-0.4, -0.2) is 34.9 Å². The lowest BCUT2D eigenvalue weighted by Crippen LogP contribution is -2.49. The number of amides is 1. The predicted octanol–water partition coefficient (Wildman–Crippen LogP) is 2.63. The molecule has 1 amide bonds. The molecule has 1 saturated heterocycles. The van der Waals surface area contributed by atoms with Gasteiger partial charge in [-0.2, -0.15) is 11.8 Å². The van der Waals surface area contributed by atoms with Crippen molar-refractivity contribution in [2.75, 3.05) is 12.3 Å². The Morgan fingerprint density at radius 1 is 1.40 bits per heavy atom. The van der Waals surface area contributed by atoms with E-state index in [0.29, 0.717) is 23.1 Å². The van der Waals surface area contributed by atoms with Gasteiger partial charge in [0.1, 0.15) is 0 Å². The lowest BCUT2D eigenvalue weighted by molar-refractivity contribution is -0.120. The Bertz CT molecular complexity index is 206. The second-order valence-electron chi connectivity index (χ2n) is 5.12. The molecule has 0 N–H and O–H groups in total. The Balaban J connectivity index is 2.71. The van der Waals surface area contributed by atoms with E-state index < -0.39 is 0 Å². The van der Waals surface area contributed by atoms with Crippen molar-refractivity contribution in [1.29, 1.82) is 0 Å². The first-order valence-corrected chi connectivity index (χ1v) is 6.93. The number of rotatable bonds is 4. The summed E-state index contributed by atoms with van der Waals surface area (Å²) < 4.78 is 0. The molecule has 0 saturated carbocycles. The van der Waals surface area contributed by atoms with Crippen LogP contribution in [0.2, 0.25) is 0 Å². The van der Waals surface area contributed by atoms with Crippen molar-refractivity contribution in [1.82, 2.24) is 4.90 Å². The highest BCUT2D eigenvalue weighted by atomic mass is 32.2. The number of hydrogen-bond donors (Lipinski definition) is 0. The largest absolute Gasteiger partial charge is 0.340 e. The van der Waals surface area contributed by atoms with Crippen molar-refractivity contribution in [3.63, 3.8) is 0 Å². The first kappa shape index (κ1) is 12.9. The van der Waals surface area contributed by atoms with Gasteiger partial charge in [-0.05, 0) is 18.3 Å². The molecule has 2 nitrogen and oxygen atoms in total. The summed E-state index contributed by atoms with van der Waals surface area (Å²) >= 11 is 2.04. The summed E-state index contributed by atoms with van der Waals surface area (Å²) in [5.74, 6) is 2.41. The quantitative estimate of drug-likeness (QED) is 0.691. The van der Waals surface area contributed by atoms with Crippen LogP contribution in [0.1, 0.15) is 34.1 Å². The molecular formula is C12H23NOS. The highest BCUT2D eigenvalue weighted by molar-refractivity contribution is 8.00. The van der Waals surface area contributed by atoms with Gasteiger partial charge < -0.3 is 4.90 Å². The molecule has 0 radical (unpaired) electrons. The fourth-order valence-corrected chi connectivity index (χ4v) is 3.74. The lowest BCUT2D eigenvalue weighted by atomic mass is 9.93. The Morgan fingerprint density at radius 3 is 2.53 bits per heavy atom. The number of thioether (sulfide) groups is 1. The topological polar surface area (TPSA) is 20.3 Å². The average Bonchev–Trinajstić information content (AvgIpc) is 2.16. The Morgan fingerprint density at radius 2 is 2.07 bits per heavy atom. The molecule has 0 aromatic carbocycles. The molecule has 15 heavy (non-hydrogen) atoms. The minimum Gasteiger partial charge on any atom is -0.340 e. The molecule has 1 rings (SSSR count). The van der Waals surface area contributed by atoms with Crippen LogP contribution >= 0.6 is 11.8 Å². The van der Waals surface area contributed by atoms with Gasteiger partial charge in [-0.3, -0.25) is 4.79 Å². The van der Waals surface area contributed by atoms with Crippen molar-refractivity contribution in [2.24, 2.45) is 11.8 Å². The maximum absolute atomic E-state index is 11.0. The van der Waals surface area contributed by atoms with E-state index in [1.165, 1.54) is 0 Å². The van der Waals surface area contributed by atoms with Crippen LogP contribution < -0.4 is 0 Å². The Hall–Kier alpha value is -0.180. The van der Waals surface area contributed by atoms with E-state index >= 15 is 0 Å². The van der Waals surface area contributed by atoms with Gasteiger partial charge in [0.25, 0.3) is 0 Å². The molecule has 3 heteroatoms. The lowest BCUT2D eigenvalue weighted by Gasteiger charge is -2.41. The molecule has 88 valence electrons. The SMILES string of the molecule is CC(C)CC1C(C(C)C)SCCN1C=O.